The van der Waals surface area contributed by atoms with Gasteiger partial charge < -0.3 is 4.74 Å². The minimum atomic E-state index is -4.16. The lowest BCUT2D eigenvalue weighted by Crippen LogP contribution is -2.43. The molecule has 0 aromatic heterocycles. The van der Waals surface area contributed by atoms with E-state index in [-0.39, 0.29) is 11.3 Å². The van der Waals surface area contributed by atoms with Crippen LogP contribution in [0.15, 0.2) is 53.4 Å². The maximum absolute atomic E-state index is 13.2. The third-order valence-electron chi connectivity index (χ3n) is 4.23. The van der Waals surface area contributed by atoms with Crippen molar-refractivity contribution in [2.45, 2.75) is 22.3 Å². The summed E-state index contributed by atoms with van der Waals surface area (Å²) in [6.45, 7) is 1.83. The fraction of sp³-hybridized carbons (Fsp3) is 0.200. The number of methoxy groups -OCH3 is 1. The molecule has 1 unspecified atom stereocenters. The lowest BCUT2D eigenvalue weighted by Gasteiger charge is -2.22. The number of sulfone groups is 1. The number of imide groups is 1. The van der Waals surface area contributed by atoms with E-state index >= 15 is 0 Å². The SMILES string of the molecule is COc1ccc(C#CCC2(S(=O)(=O)c3ccc(C)cc3)SC(=O)NC2=O)cc1. The van der Waals surface area contributed by atoms with Crippen LogP contribution in [0.1, 0.15) is 17.5 Å². The van der Waals surface area contributed by atoms with Gasteiger partial charge in [0.25, 0.3) is 11.1 Å². The van der Waals surface area contributed by atoms with Crippen molar-refractivity contribution >= 4 is 32.7 Å². The molecule has 1 heterocycles. The molecule has 144 valence electrons. The third kappa shape index (κ3) is 3.63. The molecule has 1 N–H and O–H groups in total. The summed E-state index contributed by atoms with van der Waals surface area (Å²) in [5, 5.41) is 1.38. The van der Waals surface area contributed by atoms with Crippen molar-refractivity contribution in [3.8, 4) is 17.6 Å². The lowest BCUT2D eigenvalue weighted by molar-refractivity contribution is -0.119. The second-order valence-electron chi connectivity index (χ2n) is 6.12. The minimum absolute atomic E-state index is 0.0262. The molecular weight excluding hydrogens is 398 g/mol. The molecule has 2 amide bonds. The number of nitrogens with one attached hydrogen (secondary N) is 1. The van der Waals surface area contributed by atoms with E-state index in [9.17, 15) is 18.0 Å². The highest BCUT2D eigenvalue weighted by Gasteiger charge is 2.58. The molecular formula is C20H17NO5S2. The molecule has 0 spiro atoms. The second-order valence-corrected chi connectivity index (χ2v) is 9.83. The first-order valence-electron chi connectivity index (χ1n) is 8.27. The Morgan fingerprint density at radius 1 is 1.07 bits per heavy atom. The van der Waals surface area contributed by atoms with Crippen LogP contribution in [-0.4, -0.2) is 30.8 Å². The number of rotatable bonds is 4. The average Bonchev–Trinajstić information content (AvgIpc) is 2.97. The molecule has 2 aromatic rings. The Morgan fingerprint density at radius 2 is 1.71 bits per heavy atom. The molecule has 3 rings (SSSR count). The zero-order valence-electron chi connectivity index (χ0n) is 15.2. The van der Waals surface area contributed by atoms with Gasteiger partial charge >= 0.3 is 0 Å². The zero-order valence-corrected chi connectivity index (χ0v) is 16.8. The van der Waals surface area contributed by atoms with E-state index in [0.717, 1.165) is 5.56 Å². The van der Waals surface area contributed by atoms with Crippen LogP contribution < -0.4 is 10.1 Å². The number of benzene rings is 2. The van der Waals surface area contributed by atoms with E-state index in [4.69, 9.17) is 4.74 Å². The van der Waals surface area contributed by atoms with Crippen molar-refractivity contribution in [1.82, 2.24) is 5.32 Å². The van der Waals surface area contributed by atoms with Gasteiger partial charge in [-0.2, -0.15) is 0 Å². The summed E-state index contributed by atoms with van der Waals surface area (Å²) >= 11 is 0.458. The first kappa shape index (κ1) is 20.0. The van der Waals surface area contributed by atoms with E-state index in [1.54, 1.807) is 43.5 Å². The van der Waals surface area contributed by atoms with Gasteiger partial charge in [-0.15, -0.1) is 0 Å². The Hall–Kier alpha value is -2.76. The van der Waals surface area contributed by atoms with Gasteiger partial charge in [0, 0.05) is 12.0 Å². The highest BCUT2D eigenvalue weighted by atomic mass is 32.3. The summed E-state index contributed by atoms with van der Waals surface area (Å²) in [5.74, 6) is 5.40. The quantitative estimate of drug-likeness (QED) is 0.773. The molecule has 8 heteroatoms. The maximum Gasteiger partial charge on any atom is 0.287 e. The molecule has 2 aromatic carbocycles. The average molecular weight is 415 g/mol. The van der Waals surface area contributed by atoms with Crippen LogP contribution in [0.4, 0.5) is 4.79 Å². The van der Waals surface area contributed by atoms with E-state index in [2.05, 4.69) is 17.2 Å². The Morgan fingerprint density at radius 3 is 2.25 bits per heavy atom. The smallest absolute Gasteiger partial charge is 0.287 e. The number of hydrogen-bond donors (Lipinski definition) is 1. The van der Waals surface area contributed by atoms with E-state index in [1.165, 1.54) is 12.1 Å². The first-order chi connectivity index (χ1) is 13.3. The molecule has 0 bridgehead atoms. The molecule has 1 atom stereocenters. The summed E-state index contributed by atoms with van der Waals surface area (Å²) in [5.41, 5.74) is 1.52. The van der Waals surface area contributed by atoms with Gasteiger partial charge in [0.05, 0.1) is 12.0 Å². The molecule has 1 fully saturated rings. The molecule has 1 aliphatic heterocycles. The van der Waals surface area contributed by atoms with Crippen molar-refractivity contribution in [3.63, 3.8) is 0 Å². The predicted molar refractivity (Wildman–Crippen MR) is 107 cm³/mol. The first-order valence-corrected chi connectivity index (χ1v) is 10.6. The topological polar surface area (TPSA) is 89.5 Å². The Balaban J connectivity index is 1.98. The molecule has 0 radical (unpaired) electrons. The number of hydrogen-bond acceptors (Lipinski definition) is 6. The van der Waals surface area contributed by atoms with E-state index in [1.807, 2.05) is 6.92 Å². The summed E-state index contributed by atoms with van der Waals surface area (Å²) < 4.78 is 29.5. The van der Waals surface area contributed by atoms with Crippen LogP contribution in [-0.2, 0) is 14.6 Å². The van der Waals surface area contributed by atoms with Crippen molar-refractivity contribution in [1.29, 1.82) is 0 Å². The highest BCUT2D eigenvalue weighted by Crippen LogP contribution is 2.43. The summed E-state index contributed by atoms with van der Waals surface area (Å²) in [6.07, 6.45) is -0.322. The summed E-state index contributed by atoms with van der Waals surface area (Å²) in [6, 6.07) is 13.0. The van der Waals surface area contributed by atoms with Gasteiger partial charge in [-0.05, 0) is 55.1 Å². The fourth-order valence-corrected chi connectivity index (χ4v) is 5.76. The number of amides is 2. The molecule has 1 aliphatic rings. The molecule has 1 saturated heterocycles. The van der Waals surface area contributed by atoms with Gasteiger partial charge in [-0.1, -0.05) is 29.5 Å². The van der Waals surface area contributed by atoms with E-state index in [0.29, 0.717) is 23.1 Å². The van der Waals surface area contributed by atoms with Gasteiger partial charge in [0.2, 0.25) is 13.9 Å². The standard InChI is InChI=1S/C20H17NO5S2/c1-14-5-11-17(12-6-14)28(24,25)20(18(22)21-19(23)27-20)13-3-4-15-7-9-16(26-2)10-8-15/h5-12H,13H2,1-2H3,(H,21,22,23). The molecule has 0 aliphatic carbocycles. The van der Waals surface area contributed by atoms with E-state index < -0.39 is 25.1 Å². The lowest BCUT2D eigenvalue weighted by atomic mass is 10.2. The number of aryl methyl sites for hydroxylation is 1. The maximum atomic E-state index is 13.2. The largest absolute Gasteiger partial charge is 0.497 e. The van der Waals surface area contributed by atoms with Crippen LogP contribution in [0.25, 0.3) is 0 Å². The number of carbonyl (C=O) groups is 2. The highest BCUT2D eigenvalue weighted by molar-refractivity contribution is 8.25. The van der Waals surface area contributed by atoms with Crippen molar-refractivity contribution in [3.05, 3.63) is 59.7 Å². The molecule has 6 nitrogen and oxygen atoms in total. The Labute approximate surface area is 167 Å². The van der Waals surface area contributed by atoms with Crippen molar-refractivity contribution in [2.24, 2.45) is 0 Å². The second kappa shape index (κ2) is 7.70. The van der Waals surface area contributed by atoms with Crippen molar-refractivity contribution in [2.75, 3.05) is 7.11 Å². The normalized spacial score (nSPS) is 18.9. The zero-order chi connectivity index (χ0) is 20.4. The van der Waals surface area contributed by atoms with Gasteiger partial charge in [-0.3, -0.25) is 14.9 Å². The van der Waals surface area contributed by atoms with Crippen molar-refractivity contribution < 1.29 is 22.7 Å². The minimum Gasteiger partial charge on any atom is -0.497 e. The summed E-state index contributed by atoms with van der Waals surface area (Å²) in [7, 11) is -2.61. The van der Waals surface area contributed by atoms with Crippen LogP contribution in [0.3, 0.4) is 0 Å². The predicted octanol–water partition coefficient (Wildman–Crippen LogP) is 2.90. The number of thioether (sulfide) groups is 1. The number of ether oxygens (including phenoxy) is 1. The van der Waals surface area contributed by atoms with Gasteiger partial charge in [-0.25, -0.2) is 8.42 Å². The van der Waals surface area contributed by atoms with Gasteiger partial charge in [0.1, 0.15) is 5.75 Å². The van der Waals surface area contributed by atoms with Crippen LogP contribution in [0.5, 0.6) is 5.75 Å². The Bertz CT molecular complexity index is 1080. The van der Waals surface area contributed by atoms with Crippen LogP contribution >= 0.6 is 11.8 Å². The molecule has 0 saturated carbocycles. The Kier molecular flexibility index (Phi) is 5.49. The van der Waals surface area contributed by atoms with Crippen LogP contribution in [0, 0.1) is 18.8 Å². The fourth-order valence-electron chi connectivity index (χ4n) is 2.64. The molecule has 28 heavy (non-hydrogen) atoms. The monoisotopic (exact) mass is 415 g/mol. The van der Waals surface area contributed by atoms with Gasteiger partial charge in [0.15, 0.2) is 0 Å². The van der Waals surface area contributed by atoms with Crippen LogP contribution in [0.2, 0.25) is 0 Å². The summed E-state index contributed by atoms with van der Waals surface area (Å²) in [4.78, 5) is 24.3. The third-order valence-corrected chi connectivity index (χ3v) is 8.17. The number of carbonyl (C=O) groups excluding carboxylic acids is 2.